The van der Waals surface area contributed by atoms with Gasteiger partial charge in [-0.05, 0) is 44.7 Å². The lowest BCUT2D eigenvalue weighted by Gasteiger charge is -2.29. The van der Waals surface area contributed by atoms with Crippen LogP contribution in [0.15, 0.2) is 0 Å². The topological polar surface area (TPSA) is 78.4 Å². The highest BCUT2D eigenvalue weighted by molar-refractivity contribution is 5.87. The fraction of sp³-hybridized carbons (Fsp3) is 0.867. The molecule has 5 nitrogen and oxygen atoms in total. The highest BCUT2D eigenvalue weighted by atomic mass is 16.4. The van der Waals surface area contributed by atoms with Crippen molar-refractivity contribution in [2.75, 3.05) is 13.1 Å². The van der Waals surface area contributed by atoms with E-state index < -0.39 is 11.5 Å². The molecule has 0 radical (unpaired) electrons. The van der Waals surface area contributed by atoms with Crippen molar-refractivity contribution in [2.45, 2.75) is 63.3 Å². The SMILES string of the molecule is O=C(CCC1CCNC1)NC1(C(=O)O)CCCCCC1. The van der Waals surface area contributed by atoms with E-state index in [-0.39, 0.29) is 5.91 Å². The Morgan fingerprint density at radius 3 is 2.45 bits per heavy atom. The van der Waals surface area contributed by atoms with Crippen molar-refractivity contribution in [1.82, 2.24) is 10.6 Å². The van der Waals surface area contributed by atoms with Crippen LogP contribution in [0.1, 0.15) is 57.8 Å². The number of nitrogens with one attached hydrogen (secondary N) is 2. The molecule has 0 spiro atoms. The second-order valence-electron chi connectivity index (χ2n) is 6.25. The summed E-state index contributed by atoms with van der Waals surface area (Å²) in [5.74, 6) is -0.396. The molecule has 1 aliphatic carbocycles. The van der Waals surface area contributed by atoms with Gasteiger partial charge in [-0.25, -0.2) is 4.79 Å². The highest BCUT2D eigenvalue weighted by Crippen LogP contribution is 2.28. The van der Waals surface area contributed by atoms with Crippen LogP contribution in [0.3, 0.4) is 0 Å². The maximum absolute atomic E-state index is 12.1. The Kier molecular flexibility index (Phi) is 5.40. The molecule has 114 valence electrons. The van der Waals surface area contributed by atoms with Gasteiger partial charge in [0.2, 0.25) is 5.91 Å². The first-order valence-corrected chi connectivity index (χ1v) is 7.87. The van der Waals surface area contributed by atoms with Gasteiger partial charge in [-0.2, -0.15) is 0 Å². The van der Waals surface area contributed by atoms with Gasteiger partial charge in [0.15, 0.2) is 0 Å². The molecule has 1 heterocycles. The van der Waals surface area contributed by atoms with Crippen molar-refractivity contribution in [3.05, 3.63) is 0 Å². The van der Waals surface area contributed by atoms with Gasteiger partial charge in [0, 0.05) is 6.42 Å². The molecule has 1 saturated heterocycles. The monoisotopic (exact) mass is 282 g/mol. The smallest absolute Gasteiger partial charge is 0.329 e. The summed E-state index contributed by atoms with van der Waals surface area (Å²) in [5, 5.41) is 15.6. The zero-order valence-corrected chi connectivity index (χ0v) is 12.1. The predicted octanol–water partition coefficient (Wildman–Crippen LogP) is 1.67. The van der Waals surface area contributed by atoms with E-state index in [0.29, 0.717) is 25.2 Å². The van der Waals surface area contributed by atoms with Gasteiger partial charge in [-0.15, -0.1) is 0 Å². The van der Waals surface area contributed by atoms with Crippen molar-refractivity contribution >= 4 is 11.9 Å². The van der Waals surface area contributed by atoms with Crippen LogP contribution in [-0.2, 0) is 9.59 Å². The highest BCUT2D eigenvalue weighted by Gasteiger charge is 2.39. The number of amides is 1. The molecule has 1 aliphatic heterocycles. The van der Waals surface area contributed by atoms with Crippen molar-refractivity contribution < 1.29 is 14.7 Å². The summed E-state index contributed by atoms with van der Waals surface area (Å²) in [5.41, 5.74) is -1.01. The summed E-state index contributed by atoms with van der Waals surface area (Å²) < 4.78 is 0. The number of carbonyl (C=O) groups is 2. The number of rotatable bonds is 5. The molecular formula is C15H26N2O3. The van der Waals surface area contributed by atoms with Gasteiger partial charge < -0.3 is 15.7 Å². The van der Waals surface area contributed by atoms with Crippen LogP contribution >= 0.6 is 0 Å². The molecule has 2 rings (SSSR count). The van der Waals surface area contributed by atoms with Gasteiger partial charge in [0.1, 0.15) is 5.54 Å². The summed E-state index contributed by atoms with van der Waals surface area (Å²) in [6, 6.07) is 0. The van der Waals surface area contributed by atoms with E-state index in [1.54, 1.807) is 0 Å². The van der Waals surface area contributed by atoms with Gasteiger partial charge in [-0.3, -0.25) is 4.79 Å². The zero-order chi connectivity index (χ0) is 14.4. The van der Waals surface area contributed by atoms with Crippen molar-refractivity contribution in [3.8, 4) is 0 Å². The third-order valence-corrected chi connectivity index (χ3v) is 4.69. The Bertz CT molecular complexity index is 343. The van der Waals surface area contributed by atoms with Crippen molar-refractivity contribution in [1.29, 1.82) is 0 Å². The fourth-order valence-corrected chi connectivity index (χ4v) is 3.35. The van der Waals surface area contributed by atoms with E-state index in [1.165, 1.54) is 0 Å². The molecule has 2 aliphatic rings. The van der Waals surface area contributed by atoms with Crippen molar-refractivity contribution in [2.24, 2.45) is 5.92 Å². The zero-order valence-electron chi connectivity index (χ0n) is 12.1. The third kappa shape index (κ3) is 3.95. The van der Waals surface area contributed by atoms with E-state index in [1.807, 2.05) is 0 Å². The Morgan fingerprint density at radius 1 is 1.20 bits per heavy atom. The molecule has 0 bridgehead atoms. The quantitative estimate of drug-likeness (QED) is 0.670. The van der Waals surface area contributed by atoms with Crippen LogP contribution in [-0.4, -0.2) is 35.6 Å². The lowest BCUT2D eigenvalue weighted by atomic mass is 9.89. The molecule has 2 fully saturated rings. The van der Waals surface area contributed by atoms with E-state index in [2.05, 4.69) is 10.6 Å². The van der Waals surface area contributed by atoms with Crippen LogP contribution in [0.4, 0.5) is 0 Å². The standard InChI is InChI=1S/C15H26N2O3/c18-13(6-5-12-7-10-16-11-12)17-15(14(19)20)8-3-1-2-4-9-15/h12,16H,1-11H2,(H,17,18)(H,19,20). The van der Waals surface area contributed by atoms with E-state index in [4.69, 9.17) is 0 Å². The van der Waals surface area contributed by atoms with Crippen LogP contribution in [0.5, 0.6) is 0 Å². The van der Waals surface area contributed by atoms with Gasteiger partial charge >= 0.3 is 5.97 Å². The maximum atomic E-state index is 12.1. The van der Waals surface area contributed by atoms with E-state index in [9.17, 15) is 14.7 Å². The average Bonchev–Trinajstić information content (AvgIpc) is 2.82. The summed E-state index contributed by atoms with van der Waals surface area (Å²) in [6.07, 6.45) is 7.47. The predicted molar refractivity (Wildman–Crippen MR) is 76.4 cm³/mol. The lowest BCUT2D eigenvalue weighted by Crippen LogP contribution is -2.54. The number of hydrogen-bond donors (Lipinski definition) is 3. The number of carboxylic acid groups (broad SMARTS) is 1. The van der Waals surface area contributed by atoms with Gasteiger partial charge in [-0.1, -0.05) is 25.7 Å². The van der Waals surface area contributed by atoms with E-state index in [0.717, 1.165) is 51.6 Å². The maximum Gasteiger partial charge on any atom is 0.329 e. The average molecular weight is 282 g/mol. The fourth-order valence-electron chi connectivity index (χ4n) is 3.35. The van der Waals surface area contributed by atoms with Crippen molar-refractivity contribution in [3.63, 3.8) is 0 Å². The normalized spacial score (nSPS) is 25.9. The molecule has 1 amide bonds. The first-order valence-electron chi connectivity index (χ1n) is 7.87. The molecule has 0 aromatic carbocycles. The first kappa shape index (κ1) is 15.3. The lowest BCUT2D eigenvalue weighted by molar-refractivity contribution is -0.148. The summed E-state index contributed by atoms with van der Waals surface area (Å²) >= 11 is 0. The molecule has 5 heteroatoms. The Labute approximate surface area is 120 Å². The Balaban J connectivity index is 1.86. The Hall–Kier alpha value is -1.10. The number of aliphatic carboxylic acids is 1. The van der Waals surface area contributed by atoms with Crippen LogP contribution in [0.25, 0.3) is 0 Å². The molecule has 0 aromatic heterocycles. The molecule has 0 aromatic rings. The summed E-state index contributed by atoms with van der Waals surface area (Å²) in [6.45, 7) is 2.02. The summed E-state index contributed by atoms with van der Waals surface area (Å²) in [7, 11) is 0. The minimum Gasteiger partial charge on any atom is -0.480 e. The first-order chi connectivity index (χ1) is 9.62. The molecule has 20 heavy (non-hydrogen) atoms. The van der Waals surface area contributed by atoms with Gasteiger partial charge in [0.25, 0.3) is 0 Å². The minimum atomic E-state index is -1.01. The van der Waals surface area contributed by atoms with Gasteiger partial charge in [0.05, 0.1) is 0 Å². The van der Waals surface area contributed by atoms with Crippen LogP contribution in [0, 0.1) is 5.92 Å². The second-order valence-corrected chi connectivity index (χ2v) is 6.25. The number of hydrogen-bond acceptors (Lipinski definition) is 3. The molecule has 1 unspecified atom stereocenters. The van der Waals surface area contributed by atoms with E-state index >= 15 is 0 Å². The minimum absolute atomic E-state index is 0.0961. The molecular weight excluding hydrogens is 256 g/mol. The molecule has 3 N–H and O–H groups in total. The second kappa shape index (κ2) is 7.07. The Morgan fingerprint density at radius 2 is 1.90 bits per heavy atom. The van der Waals surface area contributed by atoms with Crippen LogP contribution in [0.2, 0.25) is 0 Å². The number of carbonyl (C=O) groups excluding carboxylic acids is 1. The number of carboxylic acids is 1. The largest absolute Gasteiger partial charge is 0.480 e. The summed E-state index contributed by atoms with van der Waals surface area (Å²) in [4.78, 5) is 23.7. The van der Waals surface area contributed by atoms with Crippen LogP contribution < -0.4 is 10.6 Å². The molecule has 1 saturated carbocycles. The third-order valence-electron chi connectivity index (χ3n) is 4.69. The molecule has 1 atom stereocenters.